The van der Waals surface area contributed by atoms with E-state index in [0.717, 1.165) is 16.7 Å². The molecule has 2 aromatic heterocycles. The molecule has 2 heterocycles. The van der Waals surface area contributed by atoms with E-state index in [9.17, 15) is 10.1 Å². The summed E-state index contributed by atoms with van der Waals surface area (Å²) in [6, 6.07) is 32.1. The van der Waals surface area contributed by atoms with Gasteiger partial charge in [-0.3, -0.25) is 9.78 Å². The van der Waals surface area contributed by atoms with Gasteiger partial charge in [0.25, 0.3) is 0 Å². The number of nitrogens with zero attached hydrogens (tertiary/aromatic N) is 4. The van der Waals surface area contributed by atoms with Crippen LogP contribution >= 0.6 is 0 Å². The highest BCUT2D eigenvalue weighted by Gasteiger charge is 2.20. The molecular weight excluding hydrogens is 554 g/mol. The number of carbonyl (C=O) groups is 1. The third kappa shape index (κ3) is 7.46. The minimum atomic E-state index is -0.709. The smallest absolute Gasteiger partial charge is 0.239 e. The number of carbonyl (C=O) groups excluding carboxylic acids is 1. The summed E-state index contributed by atoms with van der Waals surface area (Å²) < 4.78 is 12.1. The zero-order chi connectivity index (χ0) is 30.7. The number of benzene rings is 3. The van der Waals surface area contributed by atoms with E-state index in [0.29, 0.717) is 30.2 Å². The Hall–Kier alpha value is -5.95. The van der Waals surface area contributed by atoms with Gasteiger partial charge in [-0.15, -0.1) is 0 Å². The van der Waals surface area contributed by atoms with Gasteiger partial charge in [-0.1, -0.05) is 79.7 Å². The number of nitriles is 1. The number of amides is 1. The van der Waals surface area contributed by atoms with Crippen molar-refractivity contribution in [3.05, 3.63) is 120 Å². The van der Waals surface area contributed by atoms with Crippen LogP contribution in [0.3, 0.4) is 0 Å². The summed E-state index contributed by atoms with van der Waals surface area (Å²) in [5, 5.41) is 16.3. The maximum absolute atomic E-state index is 11.9. The molecule has 0 saturated carbocycles. The van der Waals surface area contributed by atoms with Gasteiger partial charge in [-0.05, 0) is 41.8 Å². The Balaban J connectivity index is 1.45. The van der Waals surface area contributed by atoms with Gasteiger partial charge in [-0.25, -0.2) is 0 Å². The van der Waals surface area contributed by atoms with Crippen molar-refractivity contribution in [1.82, 2.24) is 15.0 Å². The van der Waals surface area contributed by atoms with Gasteiger partial charge in [0.05, 0.1) is 0 Å². The molecule has 0 saturated heterocycles. The number of ether oxygens (including phenoxy) is 2. The van der Waals surface area contributed by atoms with Crippen LogP contribution in [0.15, 0.2) is 103 Å². The molecule has 0 radical (unpaired) electrons. The number of pyridine rings is 1. The van der Waals surface area contributed by atoms with Gasteiger partial charge < -0.3 is 25.8 Å². The first-order valence-corrected chi connectivity index (χ1v) is 14.1. The highest BCUT2D eigenvalue weighted by atomic mass is 16.5. The lowest BCUT2D eigenvalue weighted by Crippen LogP contribution is -2.35. The van der Waals surface area contributed by atoms with E-state index in [2.05, 4.69) is 31.7 Å². The zero-order valence-corrected chi connectivity index (χ0v) is 24.1. The molecule has 0 spiro atoms. The average Bonchev–Trinajstić information content (AvgIpc) is 3.06. The molecule has 1 amide bonds. The van der Waals surface area contributed by atoms with Gasteiger partial charge in [0.2, 0.25) is 17.7 Å². The predicted molar refractivity (Wildman–Crippen MR) is 168 cm³/mol. The van der Waals surface area contributed by atoms with Crippen LogP contribution in [0.1, 0.15) is 30.0 Å². The van der Waals surface area contributed by atoms with Crippen LogP contribution in [-0.4, -0.2) is 26.9 Å². The van der Waals surface area contributed by atoms with E-state index >= 15 is 0 Å². The Bertz CT molecular complexity index is 1760. The van der Waals surface area contributed by atoms with Crippen LogP contribution in [0.25, 0.3) is 11.3 Å². The van der Waals surface area contributed by atoms with Crippen molar-refractivity contribution < 1.29 is 14.3 Å². The maximum atomic E-state index is 11.9. The number of hydrogen-bond donors (Lipinski definition) is 3. The van der Waals surface area contributed by atoms with Crippen LogP contribution in [0, 0.1) is 11.3 Å². The van der Waals surface area contributed by atoms with Crippen molar-refractivity contribution in [2.45, 2.75) is 32.6 Å². The second kappa shape index (κ2) is 14.3. The van der Waals surface area contributed by atoms with Crippen molar-refractivity contribution in [2.24, 2.45) is 5.73 Å². The molecule has 44 heavy (non-hydrogen) atoms. The van der Waals surface area contributed by atoms with Gasteiger partial charge in [0.1, 0.15) is 36.8 Å². The van der Waals surface area contributed by atoms with Crippen LogP contribution in [-0.2, 0) is 18.0 Å². The summed E-state index contributed by atoms with van der Waals surface area (Å²) in [5.41, 5.74) is 9.70. The third-order valence-corrected chi connectivity index (χ3v) is 6.67. The SMILES string of the molecule is CCC(Nc1nc(Nc2cccc(-c3ncccc3OCc3ccccc3)c2)c(C#N)c(OCc2ccccc2)n1)C(N)=O. The minimum absolute atomic E-state index is 0.0631. The summed E-state index contributed by atoms with van der Waals surface area (Å²) in [7, 11) is 0. The molecular formula is C34H31N7O3. The molecule has 0 aliphatic carbocycles. The highest BCUT2D eigenvalue weighted by Crippen LogP contribution is 2.32. The van der Waals surface area contributed by atoms with Crippen LogP contribution in [0.5, 0.6) is 11.6 Å². The van der Waals surface area contributed by atoms with Crippen molar-refractivity contribution in [3.63, 3.8) is 0 Å². The van der Waals surface area contributed by atoms with Crippen molar-refractivity contribution in [3.8, 4) is 29.0 Å². The molecule has 4 N–H and O–H groups in total. The molecule has 0 bridgehead atoms. The summed E-state index contributed by atoms with van der Waals surface area (Å²) in [4.78, 5) is 25.5. The van der Waals surface area contributed by atoms with E-state index in [1.165, 1.54) is 0 Å². The fourth-order valence-corrected chi connectivity index (χ4v) is 4.40. The summed E-state index contributed by atoms with van der Waals surface area (Å²) in [6.45, 7) is 2.40. The zero-order valence-electron chi connectivity index (χ0n) is 24.1. The lowest BCUT2D eigenvalue weighted by atomic mass is 10.1. The van der Waals surface area contributed by atoms with Crippen molar-refractivity contribution in [2.75, 3.05) is 10.6 Å². The fourth-order valence-electron chi connectivity index (χ4n) is 4.40. The van der Waals surface area contributed by atoms with Crippen LogP contribution < -0.4 is 25.8 Å². The Morgan fingerprint density at radius 3 is 2.27 bits per heavy atom. The van der Waals surface area contributed by atoms with Gasteiger partial charge >= 0.3 is 0 Å². The van der Waals surface area contributed by atoms with E-state index < -0.39 is 11.9 Å². The summed E-state index contributed by atoms with van der Waals surface area (Å²) >= 11 is 0. The molecule has 5 rings (SSSR count). The molecule has 0 aliphatic rings. The highest BCUT2D eigenvalue weighted by molar-refractivity contribution is 5.82. The standard InChI is InChI=1S/C34H31N7O3/c1-2-28(31(36)42)39-34-40-32(27(20-35)33(41-34)44-22-24-13-7-4-8-14-24)38-26-16-9-15-25(19-26)30-29(17-10-18-37-30)43-21-23-11-5-3-6-12-23/h3-19,28H,2,21-22H2,1H3,(H2,36,42)(H2,38,39,40,41). The first-order chi connectivity index (χ1) is 21.5. The van der Waals surface area contributed by atoms with Gasteiger partial charge in [0, 0.05) is 17.4 Å². The number of primary amides is 1. The quantitative estimate of drug-likeness (QED) is 0.152. The summed E-state index contributed by atoms with van der Waals surface area (Å²) in [6.07, 6.45) is 2.13. The average molecular weight is 586 g/mol. The molecule has 10 heteroatoms. The molecule has 5 aromatic rings. The second-order valence-electron chi connectivity index (χ2n) is 9.80. The van der Waals surface area contributed by atoms with Gasteiger partial charge in [0.15, 0.2) is 11.4 Å². The lowest BCUT2D eigenvalue weighted by molar-refractivity contribution is -0.118. The second-order valence-corrected chi connectivity index (χ2v) is 9.80. The largest absolute Gasteiger partial charge is 0.487 e. The van der Waals surface area contributed by atoms with Crippen molar-refractivity contribution in [1.29, 1.82) is 5.26 Å². The Morgan fingerprint density at radius 2 is 1.61 bits per heavy atom. The fraction of sp³-hybridized carbons (Fsp3) is 0.147. The minimum Gasteiger partial charge on any atom is -0.487 e. The van der Waals surface area contributed by atoms with E-state index in [1.54, 1.807) is 6.20 Å². The molecule has 1 unspecified atom stereocenters. The number of nitrogens with one attached hydrogen (secondary N) is 2. The maximum Gasteiger partial charge on any atom is 0.239 e. The van der Waals surface area contributed by atoms with E-state index in [1.807, 2.05) is 104 Å². The first-order valence-electron chi connectivity index (χ1n) is 14.1. The first kappa shape index (κ1) is 29.5. The monoisotopic (exact) mass is 585 g/mol. The Kier molecular flexibility index (Phi) is 9.59. The normalized spacial score (nSPS) is 11.2. The molecule has 220 valence electrons. The molecule has 0 fully saturated rings. The Morgan fingerprint density at radius 1 is 0.909 bits per heavy atom. The summed E-state index contributed by atoms with van der Waals surface area (Å²) in [5.74, 6) is 0.445. The van der Waals surface area contributed by atoms with Crippen LogP contribution in [0.2, 0.25) is 0 Å². The van der Waals surface area contributed by atoms with Crippen LogP contribution in [0.4, 0.5) is 17.5 Å². The third-order valence-electron chi connectivity index (χ3n) is 6.67. The van der Waals surface area contributed by atoms with Gasteiger partial charge in [-0.2, -0.15) is 15.2 Å². The number of rotatable bonds is 13. The number of anilines is 3. The molecule has 3 aromatic carbocycles. The number of nitrogens with two attached hydrogens (primary N) is 1. The molecule has 10 nitrogen and oxygen atoms in total. The van der Waals surface area contributed by atoms with E-state index in [-0.39, 0.29) is 29.8 Å². The molecule has 1 atom stereocenters. The predicted octanol–water partition coefficient (Wildman–Crippen LogP) is 5.99. The number of hydrogen-bond acceptors (Lipinski definition) is 9. The van der Waals surface area contributed by atoms with Crippen molar-refractivity contribution >= 4 is 23.4 Å². The lowest BCUT2D eigenvalue weighted by Gasteiger charge is -2.17. The van der Waals surface area contributed by atoms with E-state index in [4.69, 9.17) is 15.2 Å². The molecule has 0 aliphatic heterocycles. The Labute approximate surface area is 255 Å². The topological polar surface area (TPSA) is 148 Å². The number of aromatic nitrogens is 3.